The highest BCUT2D eigenvalue weighted by Gasteiger charge is 2.20. The average Bonchev–Trinajstić information content (AvgIpc) is 2.42. The number of nitrogens with zero attached hydrogens (tertiary/aromatic N) is 1. The van der Waals surface area contributed by atoms with Gasteiger partial charge in [0.25, 0.3) is 0 Å². The second-order valence-corrected chi connectivity index (χ2v) is 6.80. The molecule has 1 aromatic rings. The molecular formula is C16H24Cl2N2. The highest BCUT2D eigenvalue weighted by Crippen LogP contribution is 2.27. The summed E-state index contributed by atoms with van der Waals surface area (Å²) in [5.74, 6) is 0.801. The van der Waals surface area contributed by atoms with Gasteiger partial charge in [0, 0.05) is 28.2 Å². The molecule has 1 heterocycles. The first-order valence-corrected chi connectivity index (χ1v) is 8.20. The fourth-order valence-electron chi connectivity index (χ4n) is 2.66. The van der Waals surface area contributed by atoms with Gasteiger partial charge in [0.1, 0.15) is 0 Å². The lowest BCUT2D eigenvalue weighted by Gasteiger charge is -2.32. The Morgan fingerprint density at radius 2 is 1.80 bits per heavy atom. The van der Waals surface area contributed by atoms with Gasteiger partial charge in [-0.3, -0.25) is 4.90 Å². The van der Waals surface area contributed by atoms with E-state index in [1.165, 1.54) is 12.8 Å². The quantitative estimate of drug-likeness (QED) is 0.876. The molecule has 0 aliphatic carbocycles. The van der Waals surface area contributed by atoms with Gasteiger partial charge in [-0.2, -0.15) is 0 Å². The van der Waals surface area contributed by atoms with Crippen LogP contribution in [0.5, 0.6) is 0 Å². The normalized spacial score (nSPS) is 17.9. The number of hydrogen-bond donors (Lipinski definition) is 1. The van der Waals surface area contributed by atoms with Gasteiger partial charge in [0.15, 0.2) is 0 Å². The van der Waals surface area contributed by atoms with Crippen molar-refractivity contribution in [2.24, 2.45) is 5.92 Å². The second kappa shape index (κ2) is 7.65. The zero-order valence-electron chi connectivity index (χ0n) is 12.3. The lowest BCUT2D eigenvalue weighted by molar-refractivity contribution is 0.174. The van der Waals surface area contributed by atoms with Crippen LogP contribution in [0.25, 0.3) is 0 Å². The first-order chi connectivity index (χ1) is 9.56. The minimum atomic E-state index is 0.579. The van der Waals surface area contributed by atoms with Crippen molar-refractivity contribution >= 4 is 23.2 Å². The summed E-state index contributed by atoms with van der Waals surface area (Å²) in [7, 11) is 0. The number of likely N-dealkylation sites (tertiary alicyclic amines) is 1. The molecule has 1 fully saturated rings. The Morgan fingerprint density at radius 1 is 1.20 bits per heavy atom. The molecule has 1 aliphatic rings. The summed E-state index contributed by atoms with van der Waals surface area (Å²) in [6.07, 6.45) is 2.50. The summed E-state index contributed by atoms with van der Waals surface area (Å²) >= 11 is 12.5. The maximum atomic E-state index is 6.24. The molecule has 0 radical (unpaired) electrons. The van der Waals surface area contributed by atoms with Crippen molar-refractivity contribution in [1.82, 2.24) is 10.2 Å². The van der Waals surface area contributed by atoms with Crippen molar-refractivity contribution in [3.05, 3.63) is 33.8 Å². The van der Waals surface area contributed by atoms with Crippen LogP contribution in [0.1, 0.15) is 32.3 Å². The van der Waals surface area contributed by atoms with E-state index >= 15 is 0 Å². The van der Waals surface area contributed by atoms with Gasteiger partial charge >= 0.3 is 0 Å². The van der Waals surface area contributed by atoms with Crippen LogP contribution >= 0.6 is 23.2 Å². The van der Waals surface area contributed by atoms with Gasteiger partial charge in [0.05, 0.1) is 0 Å². The predicted molar refractivity (Wildman–Crippen MR) is 87.6 cm³/mol. The Morgan fingerprint density at radius 3 is 2.35 bits per heavy atom. The number of benzene rings is 1. The lowest BCUT2D eigenvalue weighted by atomic mass is 9.96. The van der Waals surface area contributed by atoms with Crippen LogP contribution in [-0.4, -0.2) is 30.6 Å². The molecule has 20 heavy (non-hydrogen) atoms. The van der Waals surface area contributed by atoms with E-state index in [0.717, 1.165) is 47.7 Å². The van der Waals surface area contributed by atoms with E-state index in [-0.39, 0.29) is 0 Å². The Balaban J connectivity index is 1.82. The molecule has 0 aromatic heterocycles. The molecule has 2 rings (SSSR count). The third-order valence-corrected chi connectivity index (χ3v) is 4.67. The van der Waals surface area contributed by atoms with E-state index in [1.807, 2.05) is 18.2 Å². The molecule has 112 valence electrons. The molecular weight excluding hydrogens is 291 g/mol. The number of nitrogens with one attached hydrogen (secondary N) is 1. The first kappa shape index (κ1) is 16.1. The highest BCUT2D eigenvalue weighted by molar-refractivity contribution is 6.35. The Bertz CT molecular complexity index is 406. The van der Waals surface area contributed by atoms with E-state index in [4.69, 9.17) is 23.2 Å². The van der Waals surface area contributed by atoms with Crippen LogP contribution in [0.2, 0.25) is 10.0 Å². The molecule has 0 saturated carbocycles. The van der Waals surface area contributed by atoms with Gasteiger partial charge in [-0.25, -0.2) is 0 Å². The molecule has 1 aromatic carbocycles. The van der Waals surface area contributed by atoms with Gasteiger partial charge in [0.2, 0.25) is 0 Å². The molecule has 4 heteroatoms. The zero-order valence-corrected chi connectivity index (χ0v) is 13.8. The fraction of sp³-hybridized carbons (Fsp3) is 0.625. The van der Waals surface area contributed by atoms with Gasteiger partial charge in [-0.05, 0) is 50.5 Å². The SMILES string of the molecule is CC(C)NCC1CCN(Cc2c(Cl)cccc2Cl)CC1. The second-order valence-electron chi connectivity index (χ2n) is 5.98. The van der Waals surface area contributed by atoms with E-state index in [0.29, 0.717) is 6.04 Å². The average molecular weight is 315 g/mol. The van der Waals surface area contributed by atoms with Crippen molar-refractivity contribution in [1.29, 1.82) is 0 Å². The Hall–Kier alpha value is -0.280. The van der Waals surface area contributed by atoms with Gasteiger partial charge in [-0.1, -0.05) is 43.1 Å². The van der Waals surface area contributed by atoms with E-state index in [9.17, 15) is 0 Å². The van der Waals surface area contributed by atoms with Crippen LogP contribution < -0.4 is 5.32 Å². The van der Waals surface area contributed by atoms with Crippen LogP contribution in [0, 0.1) is 5.92 Å². The van der Waals surface area contributed by atoms with Crippen molar-refractivity contribution in [2.45, 2.75) is 39.3 Å². The molecule has 0 bridgehead atoms. The predicted octanol–water partition coefficient (Wildman–Crippen LogP) is 4.20. The van der Waals surface area contributed by atoms with Crippen molar-refractivity contribution in [3.8, 4) is 0 Å². The molecule has 1 saturated heterocycles. The minimum absolute atomic E-state index is 0.579. The van der Waals surface area contributed by atoms with Crippen molar-refractivity contribution in [3.63, 3.8) is 0 Å². The number of rotatable bonds is 5. The Kier molecular flexibility index (Phi) is 6.16. The summed E-state index contributed by atoms with van der Waals surface area (Å²) in [5, 5.41) is 5.09. The topological polar surface area (TPSA) is 15.3 Å². The van der Waals surface area contributed by atoms with Crippen molar-refractivity contribution < 1.29 is 0 Å². The van der Waals surface area contributed by atoms with Crippen LogP contribution in [0.4, 0.5) is 0 Å². The summed E-state index contributed by atoms with van der Waals surface area (Å²) in [4.78, 5) is 2.46. The third kappa shape index (κ3) is 4.63. The molecule has 0 atom stereocenters. The van der Waals surface area contributed by atoms with Crippen LogP contribution in [-0.2, 0) is 6.54 Å². The summed E-state index contributed by atoms with van der Waals surface area (Å²) in [5.41, 5.74) is 1.06. The summed E-state index contributed by atoms with van der Waals surface area (Å²) in [6.45, 7) is 8.67. The monoisotopic (exact) mass is 314 g/mol. The van der Waals surface area contributed by atoms with Crippen molar-refractivity contribution in [2.75, 3.05) is 19.6 Å². The maximum Gasteiger partial charge on any atom is 0.0465 e. The van der Waals surface area contributed by atoms with E-state index in [2.05, 4.69) is 24.1 Å². The number of halogens is 2. The fourth-order valence-corrected chi connectivity index (χ4v) is 3.18. The largest absolute Gasteiger partial charge is 0.314 e. The Labute approximate surface area is 132 Å². The number of hydrogen-bond acceptors (Lipinski definition) is 2. The van der Waals surface area contributed by atoms with Crippen LogP contribution in [0.3, 0.4) is 0 Å². The molecule has 0 unspecified atom stereocenters. The standard InChI is InChI=1S/C16H24Cl2N2/c1-12(2)19-10-13-6-8-20(9-7-13)11-14-15(17)4-3-5-16(14)18/h3-5,12-13,19H,6-11H2,1-2H3. The molecule has 2 nitrogen and oxygen atoms in total. The smallest absolute Gasteiger partial charge is 0.0465 e. The molecule has 0 spiro atoms. The summed E-state index contributed by atoms with van der Waals surface area (Å²) in [6, 6.07) is 6.32. The maximum absolute atomic E-state index is 6.24. The van der Waals surface area contributed by atoms with Gasteiger partial charge in [-0.15, -0.1) is 0 Å². The van der Waals surface area contributed by atoms with Crippen LogP contribution in [0.15, 0.2) is 18.2 Å². The van der Waals surface area contributed by atoms with Gasteiger partial charge < -0.3 is 5.32 Å². The first-order valence-electron chi connectivity index (χ1n) is 7.45. The van der Waals surface area contributed by atoms with E-state index < -0.39 is 0 Å². The molecule has 1 aliphatic heterocycles. The molecule has 0 amide bonds. The summed E-state index contributed by atoms with van der Waals surface area (Å²) < 4.78 is 0. The zero-order chi connectivity index (χ0) is 14.5. The lowest BCUT2D eigenvalue weighted by Crippen LogP contribution is -2.38. The molecule has 1 N–H and O–H groups in total. The minimum Gasteiger partial charge on any atom is -0.314 e. The van der Waals surface area contributed by atoms with E-state index in [1.54, 1.807) is 0 Å². The third-order valence-electron chi connectivity index (χ3n) is 3.97. The highest BCUT2D eigenvalue weighted by atomic mass is 35.5. The number of piperidine rings is 1.